The minimum atomic E-state index is 0.683. The number of thiazole rings is 1. The van der Waals surface area contributed by atoms with Gasteiger partial charge in [-0.05, 0) is 22.4 Å². The molecule has 0 radical (unpaired) electrons. The maximum atomic E-state index is 4.56. The van der Waals surface area contributed by atoms with Gasteiger partial charge in [0.2, 0.25) is 0 Å². The van der Waals surface area contributed by atoms with Crippen LogP contribution in [0.15, 0.2) is 15.4 Å². The van der Waals surface area contributed by atoms with E-state index in [1.54, 1.807) is 16.8 Å². The van der Waals surface area contributed by atoms with E-state index < -0.39 is 0 Å². The first-order valence-corrected chi connectivity index (χ1v) is 7.12. The fourth-order valence-corrected chi connectivity index (χ4v) is 2.60. The predicted octanol–water partition coefficient (Wildman–Crippen LogP) is 3.36. The van der Waals surface area contributed by atoms with Gasteiger partial charge in [-0.25, -0.2) is 15.0 Å². The number of anilines is 1. The highest BCUT2D eigenvalue weighted by atomic mass is 79.9. The summed E-state index contributed by atoms with van der Waals surface area (Å²) in [7, 11) is 1.85. The van der Waals surface area contributed by atoms with Crippen molar-refractivity contribution in [3.8, 4) is 11.5 Å². The van der Waals surface area contributed by atoms with Crippen molar-refractivity contribution in [2.75, 3.05) is 12.4 Å². The smallest absolute Gasteiger partial charge is 0.181 e. The molecular weight excluding hydrogens is 300 g/mol. The third-order valence-corrected chi connectivity index (χ3v) is 3.72. The van der Waals surface area contributed by atoms with Crippen LogP contribution in [0.5, 0.6) is 0 Å². The van der Waals surface area contributed by atoms with Gasteiger partial charge in [0.25, 0.3) is 0 Å². The molecule has 4 nitrogen and oxygen atoms in total. The van der Waals surface area contributed by atoms with Crippen LogP contribution in [-0.2, 0) is 6.42 Å². The van der Waals surface area contributed by atoms with Gasteiger partial charge in [-0.15, -0.1) is 11.3 Å². The Hall–Kier alpha value is -1.01. The predicted molar refractivity (Wildman–Crippen MR) is 74.4 cm³/mol. The maximum absolute atomic E-state index is 4.56. The van der Waals surface area contributed by atoms with Crippen molar-refractivity contribution < 1.29 is 0 Å². The molecule has 2 aromatic heterocycles. The molecule has 0 aromatic carbocycles. The minimum absolute atomic E-state index is 0.683. The number of rotatable bonds is 4. The van der Waals surface area contributed by atoms with Crippen LogP contribution in [0.3, 0.4) is 0 Å². The minimum Gasteiger partial charge on any atom is -0.372 e. The Balaban J connectivity index is 2.50. The third-order valence-electron chi connectivity index (χ3n) is 2.30. The lowest BCUT2D eigenvalue weighted by Gasteiger charge is -2.09. The normalized spacial score (nSPS) is 10.5. The largest absolute Gasteiger partial charge is 0.372 e. The number of hydrogen-bond donors (Lipinski definition) is 1. The Labute approximate surface area is 113 Å². The molecule has 2 heterocycles. The van der Waals surface area contributed by atoms with Crippen LogP contribution in [-0.4, -0.2) is 22.0 Å². The van der Waals surface area contributed by atoms with Gasteiger partial charge in [-0.2, -0.15) is 0 Å². The zero-order chi connectivity index (χ0) is 12.3. The summed E-state index contributed by atoms with van der Waals surface area (Å²) in [5.74, 6) is 1.49. The summed E-state index contributed by atoms with van der Waals surface area (Å²) in [6.45, 7) is 2.14. The number of halogens is 1. The topological polar surface area (TPSA) is 50.7 Å². The van der Waals surface area contributed by atoms with E-state index in [-0.39, 0.29) is 0 Å². The SMILES string of the molecule is CCCc1nc(-c2cscn2)nc(NC)c1Br. The molecule has 0 unspecified atom stereocenters. The first kappa shape index (κ1) is 12.4. The quantitative estimate of drug-likeness (QED) is 0.940. The molecule has 1 N–H and O–H groups in total. The number of nitrogens with one attached hydrogen (secondary N) is 1. The molecule has 0 aliphatic carbocycles. The summed E-state index contributed by atoms with van der Waals surface area (Å²) >= 11 is 5.08. The highest BCUT2D eigenvalue weighted by Gasteiger charge is 2.12. The zero-order valence-electron chi connectivity index (χ0n) is 9.70. The fourth-order valence-electron chi connectivity index (χ4n) is 1.50. The Morgan fingerprint density at radius 1 is 1.41 bits per heavy atom. The summed E-state index contributed by atoms with van der Waals surface area (Å²) in [5.41, 5.74) is 3.64. The molecule has 2 aromatic rings. The molecule has 0 aliphatic rings. The molecule has 6 heteroatoms. The summed E-state index contributed by atoms with van der Waals surface area (Å²) in [6.07, 6.45) is 1.98. The van der Waals surface area contributed by atoms with E-state index in [1.807, 2.05) is 12.4 Å². The lowest BCUT2D eigenvalue weighted by atomic mass is 10.2. The Bertz CT molecular complexity index is 498. The summed E-state index contributed by atoms with van der Waals surface area (Å²) in [6, 6.07) is 0. The van der Waals surface area contributed by atoms with Crippen molar-refractivity contribution in [3.05, 3.63) is 21.1 Å². The molecule has 90 valence electrons. The molecule has 0 aliphatic heterocycles. The van der Waals surface area contributed by atoms with Gasteiger partial charge < -0.3 is 5.32 Å². The second kappa shape index (κ2) is 5.55. The molecule has 0 saturated carbocycles. The van der Waals surface area contributed by atoms with Crippen LogP contribution in [0, 0.1) is 0 Å². The van der Waals surface area contributed by atoms with Gasteiger partial charge in [-0.3, -0.25) is 0 Å². The van der Waals surface area contributed by atoms with Gasteiger partial charge in [0.1, 0.15) is 11.5 Å². The summed E-state index contributed by atoms with van der Waals surface area (Å²) in [4.78, 5) is 13.3. The fraction of sp³-hybridized carbons (Fsp3) is 0.364. The van der Waals surface area contributed by atoms with Gasteiger partial charge >= 0.3 is 0 Å². The standard InChI is InChI=1S/C11H13BrN4S/c1-3-4-7-9(12)11(13-2)16-10(15-7)8-5-17-6-14-8/h5-6H,3-4H2,1-2H3,(H,13,15,16). The van der Waals surface area contributed by atoms with Crippen LogP contribution in [0.4, 0.5) is 5.82 Å². The van der Waals surface area contributed by atoms with Crippen molar-refractivity contribution in [1.82, 2.24) is 15.0 Å². The Kier molecular flexibility index (Phi) is 4.06. The van der Waals surface area contributed by atoms with Gasteiger partial charge in [-0.1, -0.05) is 13.3 Å². The monoisotopic (exact) mass is 312 g/mol. The van der Waals surface area contributed by atoms with Crippen molar-refractivity contribution in [3.63, 3.8) is 0 Å². The summed E-state index contributed by atoms with van der Waals surface area (Å²) < 4.78 is 0.945. The molecule has 0 atom stereocenters. The van der Waals surface area contributed by atoms with Crippen LogP contribution in [0.2, 0.25) is 0 Å². The number of aromatic nitrogens is 3. The molecule has 0 fully saturated rings. The van der Waals surface area contributed by atoms with E-state index in [2.05, 4.69) is 43.1 Å². The first-order chi connectivity index (χ1) is 8.26. The average Bonchev–Trinajstić information content (AvgIpc) is 2.85. The van der Waals surface area contributed by atoms with Crippen LogP contribution in [0.1, 0.15) is 19.0 Å². The number of nitrogens with zero attached hydrogens (tertiary/aromatic N) is 3. The average molecular weight is 313 g/mol. The highest BCUT2D eigenvalue weighted by molar-refractivity contribution is 9.10. The molecule has 0 bridgehead atoms. The molecule has 0 amide bonds. The van der Waals surface area contributed by atoms with Gasteiger partial charge in [0.05, 0.1) is 15.7 Å². The molecule has 0 spiro atoms. The summed E-state index contributed by atoms with van der Waals surface area (Å²) in [5, 5.41) is 5.03. The lowest BCUT2D eigenvalue weighted by Crippen LogP contribution is -2.03. The van der Waals surface area contributed by atoms with Crippen molar-refractivity contribution in [2.45, 2.75) is 19.8 Å². The van der Waals surface area contributed by atoms with E-state index in [1.165, 1.54) is 0 Å². The van der Waals surface area contributed by atoms with Crippen molar-refractivity contribution in [2.24, 2.45) is 0 Å². The van der Waals surface area contributed by atoms with E-state index in [0.717, 1.165) is 34.5 Å². The van der Waals surface area contributed by atoms with Gasteiger partial charge in [0, 0.05) is 12.4 Å². The second-order valence-corrected chi connectivity index (χ2v) is 5.04. The number of aryl methyl sites for hydroxylation is 1. The maximum Gasteiger partial charge on any atom is 0.181 e. The van der Waals surface area contributed by atoms with E-state index >= 15 is 0 Å². The van der Waals surface area contributed by atoms with Crippen LogP contribution < -0.4 is 5.32 Å². The highest BCUT2D eigenvalue weighted by Crippen LogP contribution is 2.27. The molecule has 0 saturated heterocycles. The second-order valence-electron chi connectivity index (χ2n) is 3.53. The first-order valence-electron chi connectivity index (χ1n) is 5.39. The Morgan fingerprint density at radius 2 is 2.24 bits per heavy atom. The van der Waals surface area contributed by atoms with E-state index in [0.29, 0.717) is 5.82 Å². The molecular formula is C11H13BrN4S. The zero-order valence-corrected chi connectivity index (χ0v) is 12.1. The molecule has 17 heavy (non-hydrogen) atoms. The van der Waals surface area contributed by atoms with E-state index in [4.69, 9.17) is 0 Å². The van der Waals surface area contributed by atoms with Crippen molar-refractivity contribution >= 4 is 33.1 Å². The lowest BCUT2D eigenvalue weighted by molar-refractivity contribution is 0.868. The van der Waals surface area contributed by atoms with Gasteiger partial charge in [0.15, 0.2) is 5.82 Å². The van der Waals surface area contributed by atoms with Crippen LogP contribution in [0.25, 0.3) is 11.5 Å². The van der Waals surface area contributed by atoms with Crippen LogP contribution >= 0.6 is 27.3 Å². The number of hydrogen-bond acceptors (Lipinski definition) is 5. The van der Waals surface area contributed by atoms with E-state index in [9.17, 15) is 0 Å². The third kappa shape index (κ3) is 2.63. The Morgan fingerprint density at radius 3 is 2.82 bits per heavy atom. The van der Waals surface area contributed by atoms with Crippen molar-refractivity contribution in [1.29, 1.82) is 0 Å². The molecule has 2 rings (SSSR count).